The summed E-state index contributed by atoms with van der Waals surface area (Å²) in [7, 11) is 1.87. The van der Waals surface area contributed by atoms with Crippen molar-refractivity contribution in [2.75, 3.05) is 0 Å². The van der Waals surface area contributed by atoms with Gasteiger partial charge in [0.1, 0.15) is 5.30 Å². The van der Waals surface area contributed by atoms with Crippen LogP contribution in [-0.4, -0.2) is 0 Å². The Morgan fingerprint density at radius 3 is 2.33 bits per heavy atom. The first-order chi connectivity index (χ1) is 4.22. The molecular formula is C6H6Br2P+. The van der Waals surface area contributed by atoms with Crippen LogP contribution in [0.25, 0.3) is 0 Å². The second-order valence-corrected chi connectivity index (χ2v) is 4.12. The van der Waals surface area contributed by atoms with Crippen molar-refractivity contribution in [3.63, 3.8) is 0 Å². The van der Waals surface area contributed by atoms with E-state index in [1.54, 1.807) is 0 Å². The molecule has 0 aliphatic rings. The summed E-state index contributed by atoms with van der Waals surface area (Å²) in [6.45, 7) is 0. The molecule has 0 aromatic heterocycles. The molecule has 3 heteroatoms. The van der Waals surface area contributed by atoms with Crippen LogP contribution in [-0.2, 0) is 0 Å². The minimum Gasteiger partial charge on any atom is -0.0572 e. The van der Waals surface area contributed by atoms with Crippen molar-refractivity contribution in [2.24, 2.45) is 0 Å². The van der Waals surface area contributed by atoms with E-state index in [1.807, 2.05) is 21.4 Å². The topological polar surface area (TPSA) is 0 Å². The molecule has 0 aliphatic heterocycles. The molecule has 0 saturated carbocycles. The molecule has 1 atom stereocenters. The maximum absolute atomic E-state index is 3.44. The van der Waals surface area contributed by atoms with Gasteiger partial charge in [-0.05, 0) is 44.0 Å². The Hall–Kier alpha value is 0.610. The highest BCUT2D eigenvalue weighted by Crippen LogP contribution is 2.21. The molecule has 0 aliphatic carbocycles. The maximum atomic E-state index is 3.44. The van der Waals surface area contributed by atoms with Gasteiger partial charge >= 0.3 is 0 Å². The van der Waals surface area contributed by atoms with Gasteiger partial charge in [0.05, 0.1) is 4.47 Å². The molecule has 1 aromatic carbocycles. The first-order valence-corrected chi connectivity index (χ1v) is 4.77. The van der Waals surface area contributed by atoms with Crippen molar-refractivity contribution in [3.05, 3.63) is 27.1 Å². The van der Waals surface area contributed by atoms with Gasteiger partial charge in [0, 0.05) is 13.7 Å². The number of hydrogen-bond acceptors (Lipinski definition) is 0. The largest absolute Gasteiger partial charge is 0.102 e. The first-order valence-electron chi connectivity index (χ1n) is 2.48. The molecule has 0 spiro atoms. The van der Waals surface area contributed by atoms with E-state index in [9.17, 15) is 0 Å². The van der Waals surface area contributed by atoms with Crippen LogP contribution < -0.4 is 5.30 Å². The number of halogens is 2. The Morgan fingerprint density at radius 2 is 1.89 bits per heavy atom. The van der Waals surface area contributed by atoms with Crippen LogP contribution in [0.3, 0.4) is 0 Å². The average molecular weight is 269 g/mol. The summed E-state index contributed by atoms with van der Waals surface area (Å²) < 4.78 is 2.28. The van der Waals surface area contributed by atoms with E-state index in [0.29, 0.717) is 0 Å². The van der Waals surface area contributed by atoms with Crippen LogP contribution >= 0.6 is 41.1 Å². The highest BCUT2D eigenvalue weighted by Gasteiger charge is 1.99. The normalized spacial score (nSPS) is 10.0. The molecule has 0 N–H and O–H groups in total. The average Bonchev–Trinajstić information content (AvgIpc) is 1.83. The SMILES string of the molecule is [PH3+]c1cccc(Br)c1Br. The Labute approximate surface area is 73.5 Å². The molecule has 0 nitrogen and oxygen atoms in total. The fraction of sp³-hybridized carbons (Fsp3) is 0. The zero-order valence-corrected chi connectivity index (χ0v) is 9.28. The molecule has 0 fully saturated rings. The Kier molecular flexibility index (Phi) is 2.69. The highest BCUT2D eigenvalue weighted by molar-refractivity contribution is 9.13. The van der Waals surface area contributed by atoms with E-state index < -0.39 is 0 Å². The van der Waals surface area contributed by atoms with Gasteiger partial charge in [0.15, 0.2) is 0 Å². The maximum Gasteiger partial charge on any atom is 0.102 e. The Morgan fingerprint density at radius 1 is 1.22 bits per heavy atom. The minimum absolute atomic E-state index is 1.12. The van der Waals surface area contributed by atoms with Crippen molar-refractivity contribution in [1.29, 1.82) is 0 Å². The van der Waals surface area contributed by atoms with Crippen LogP contribution in [0.4, 0.5) is 0 Å². The summed E-state index contributed by atoms with van der Waals surface area (Å²) >= 11 is 6.84. The molecule has 0 heterocycles. The third-order valence-corrected chi connectivity index (χ3v) is 4.27. The van der Waals surface area contributed by atoms with Crippen LogP contribution in [0.1, 0.15) is 0 Å². The van der Waals surface area contributed by atoms with Crippen molar-refractivity contribution in [2.45, 2.75) is 0 Å². The summed E-state index contributed by atoms with van der Waals surface area (Å²) in [4.78, 5) is 0. The number of rotatable bonds is 0. The fourth-order valence-electron chi connectivity index (χ4n) is 0.548. The summed E-state index contributed by atoms with van der Waals surface area (Å²) in [5, 5.41) is 1.28. The van der Waals surface area contributed by atoms with E-state index in [1.165, 1.54) is 5.30 Å². The summed E-state index contributed by atoms with van der Waals surface area (Å²) in [5.41, 5.74) is 0. The van der Waals surface area contributed by atoms with Crippen molar-refractivity contribution < 1.29 is 0 Å². The van der Waals surface area contributed by atoms with Gasteiger partial charge in [-0.25, -0.2) is 0 Å². The lowest BCUT2D eigenvalue weighted by Crippen LogP contribution is -1.90. The van der Waals surface area contributed by atoms with E-state index in [4.69, 9.17) is 0 Å². The minimum atomic E-state index is 1.12. The van der Waals surface area contributed by atoms with E-state index in [0.717, 1.165) is 8.95 Å². The molecule has 0 amide bonds. The van der Waals surface area contributed by atoms with Gasteiger partial charge < -0.3 is 0 Å². The number of hydrogen-bond donors (Lipinski definition) is 0. The first kappa shape index (κ1) is 7.71. The molecule has 1 aromatic rings. The monoisotopic (exact) mass is 267 g/mol. The molecule has 9 heavy (non-hydrogen) atoms. The van der Waals surface area contributed by atoms with Crippen molar-refractivity contribution in [1.82, 2.24) is 0 Å². The quantitative estimate of drug-likeness (QED) is 0.634. The summed E-state index contributed by atoms with van der Waals surface area (Å²) in [5.74, 6) is 0. The van der Waals surface area contributed by atoms with Crippen LogP contribution in [0.2, 0.25) is 0 Å². The summed E-state index contributed by atoms with van der Waals surface area (Å²) in [6, 6.07) is 6.12. The van der Waals surface area contributed by atoms with Gasteiger partial charge in [-0.2, -0.15) is 0 Å². The zero-order valence-electron chi connectivity index (χ0n) is 4.70. The van der Waals surface area contributed by atoms with Crippen molar-refractivity contribution >= 4 is 46.4 Å². The highest BCUT2D eigenvalue weighted by atomic mass is 79.9. The predicted molar refractivity (Wildman–Crippen MR) is 52.6 cm³/mol. The second kappa shape index (κ2) is 3.14. The molecule has 0 bridgehead atoms. The lowest BCUT2D eigenvalue weighted by atomic mass is 10.4. The molecule has 48 valence electrons. The van der Waals surface area contributed by atoms with E-state index in [2.05, 4.69) is 37.9 Å². The predicted octanol–water partition coefficient (Wildman–Crippen LogP) is 2.44. The van der Waals surface area contributed by atoms with Gasteiger partial charge in [-0.15, -0.1) is 0 Å². The second-order valence-electron chi connectivity index (χ2n) is 1.71. The summed E-state index contributed by atoms with van der Waals surface area (Å²) in [6.07, 6.45) is 0. The lowest BCUT2D eigenvalue weighted by molar-refractivity contribution is 1.65. The van der Waals surface area contributed by atoms with E-state index >= 15 is 0 Å². The Balaban J connectivity index is 3.25. The zero-order chi connectivity index (χ0) is 6.85. The third-order valence-electron chi connectivity index (χ3n) is 1.03. The standard InChI is InChI=1S/C6H5Br2P/c7-4-2-1-3-5(9)6(4)8/h1-3H,9H2/p+1. The van der Waals surface area contributed by atoms with Gasteiger partial charge in [-0.1, -0.05) is 6.07 Å². The fourth-order valence-corrected chi connectivity index (χ4v) is 1.81. The van der Waals surface area contributed by atoms with Gasteiger partial charge in [0.2, 0.25) is 0 Å². The lowest BCUT2D eigenvalue weighted by Gasteiger charge is -1.93. The van der Waals surface area contributed by atoms with Crippen molar-refractivity contribution in [3.8, 4) is 0 Å². The Bertz CT molecular complexity index is 202. The van der Waals surface area contributed by atoms with Gasteiger partial charge in [0.25, 0.3) is 0 Å². The van der Waals surface area contributed by atoms with E-state index in [-0.39, 0.29) is 0 Å². The smallest absolute Gasteiger partial charge is 0.0572 e. The number of benzene rings is 1. The third kappa shape index (κ3) is 1.76. The van der Waals surface area contributed by atoms with Crippen LogP contribution in [0.15, 0.2) is 27.1 Å². The molecular weight excluding hydrogens is 263 g/mol. The van der Waals surface area contributed by atoms with Crippen LogP contribution in [0, 0.1) is 0 Å². The molecule has 1 unspecified atom stereocenters. The van der Waals surface area contributed by atoms with Gasteiger partial charge in [-0.3, -0.25) is 0 Å². The molecule has 1 rings (SSSR count). The molecule has 0 radical (unpaired) electrons. The van der Waals surface area contributed by atoms with Crippen LogP contribution in [0.5, 0.6) is 0 Å². The molecule has 0 saturated heterocycles.